The highest BCUT2D eigenvalue weighted by Crippen LogP contribution is 2.30. The van der Waals surface area contributed by atoms with Gasteiger partial charge in [-0.1, -0.05) is 18.2 Å². The van der Waals surface area contributed by atoms with E-state index in [1.807, 2.05) is 36.5 Å². The maximum Gasteiger partial charge on any atom is 0.416 e. The van der Waals surface area contributed by atoms with Crippen LogP contribution in [0.4, 0.5) is 13.2 Å². The molecule has 2 aromatic heterocycles. The number of nitrogens with one attached hydrogen (secondary N) is 1. The molecule has 1 N–H and O–H groups in total. The first-order valence-corrected chi connectivity index (χ1v) is 9.92. The number of hydrogen-bond donors (Lipinski definition) is 1. The summed E-state index contributed by atoms with van der Waals surface area (Å²) in [7, 11) is 0. The zero-order valence-electron chi connectivity index (χ0n) is 17.2. The van der Waals surface area contributed by atoms with Crippen LogP contribution in [-0.4, -0.2) is 32.0 Å². The van der Waals surface area contributed by atoms with Gasteiger partial charge < -0.3 is 5.32 Å². The Morgan fingerprint density at radius 2 is 1.81 bits per heavy atom. The molecule has 6 nitrogen and oxygen atoms in total. The molecular formula is C23H20F3N5O. The topological polar surface area (TPSA) is 64.7 Å². The lowest BCUT2D eigenvalue weighted by Crippen LogP contribution is -2.26. The van der Waals surface area contributed by atoms with Crippen LogP contribution in [0.2, 0.25) is 0 Å². The average Bonchev–Trinajstić information content (AvgIpc) is 3.44. The zero-order valence-corrected chi connectivity index (χ0v) is 17.2. The predicted octanol–water partition coefficient (Wildman–Crippen LogP) is 4.36. The lowest BCUT2D eigenvalue weighted by atomic mass is 10.1. The zero-order chi connectivity index (χ0) is 22.7. The number of nitrogens with zero attached hydrogens (tertiary/aromatic N) is 4. The van der Waals surface area contributed by atoms with Gasteiger partial charge in [-0.2, -0.15) is 23.4 Å². The minimum Gasteiger partial charge on any atom is -0.352 e. The summed E-state index contributed by atoms with van der Waals surface area (Å²) in [5.74, 6) is -0.325. The minimum atomic E-state index is -4.45. The molecule has 0 saturated carbocycles. The molecular weight excluding hydrogens is 419 g/mol. The van der Waals surface area contributed by atoms with Crippen LogP contribution in [0, 0.1) is 6.92 Å². The van der Waals surface area contributed by atoms with Crippen molar-refractivity contribution in [2.45, 2.75) is 19.5 Å². The lowest BCUT2D eigenvalue weighted by molar-refractivity contribution is -0.137. The Morgan fingerprint density at radius 3 is 2.50 bits per heavy atom. The molecule has 164 valence electrons. The van der Waals surface area contributed by atoms with Gasteiger partial charge in [0.2, 0.25) is 0 Å². The minimum absolute atomic E-state index is 0.244. The smallest absolute Gasteiger partial charge is 0.352 e. The van der Waals surface area contributed by atoms with Gasteiger partial charge in [-0.3, -0.25) is 4.79 Å². The third-order valence-corrected chi connectivity index (χ3v) is 5.08. The lowest BCUT2D eigenvalue weighted by Gasteiger charge is -2.10. The summed E-state index contributed by atoms with van der Waals surface area (Å²) in [5, 5.41) is 11.1. The van der Waals surface area contributed by atoms with Gasteiger partial charge in [0, 0.05) is 18.9 Å². The molecule has 0 bridgehead atoms. The summed E-state index contributed by atoms with van der Waals surface area (Å²) >= 11 is 0. The second-order valence-corrected chi connectivity index (χ2v) is 7.23. The number of benzene rings is 2. The average molecular weight is 439 g/mol. The van der Waals surface area contributed by atoms with Crippen LogP contribution in [0.25, 0.3) is 11.4 Å². The normalized spacial score (nSPS) is 11.5. The maximum absolute atomic E-state index is 13.0. The fourth-order valence-corrected chi connectivity index (χ4v) is 3.36. The number of halogens is 3. The number of aromatic nitrogens is 4. The van der Waals surface area contributed by atoms with Gasteiger partial charge in [-0.25, -0.2) is 9.36 Å². The molecule has 0 aliphatic rings. The monoisotopic (exact) mass is 439 g/mol. The van der Waals surface area contributed by atoms with Gasteiger partial charge in [0.05, 0.1) is 34.4 Å². The van der Waals surface area contributed by atoms with E-state index < -0.39 is 11.7 Å². The summed E-state index contributed by atoms with van der Waals surface area (Å²) in [4.78, 5) is 12.6. The molecule has 0 aliphatic heterocycles. The first-order chi connectivity index (χ1) is 15.3. The van der Waals surface area contributed by atoms with Gasteiger partial charge >= 0.3 is 6.18 Å². The van der Waals surface area contributed by atoms with Gasteiger partial charge in [0.1, 0.15) is 0 Å². The molecule has 0 spiro atoms. The Morgan fingerprint density at radius 1 is 1.03 bits per heavy atom. The highest BCUT2D eigenvalue weighted by Gasteiger charge is 2.30. The van der Waals surface area contributed by atoms with E-state index in [1.165, 1.54) is 23.0 Å². The van der Waals surface area contributed by atoms with Crippen molar-refractivity contribution in [1.29, 1.82) is 0 Å². The molecule has 4 aromatic rings. The van der Waals surface area contributed by atoms with E-state index in [0.717, 1.165) is 23.4 Å². The fraction of sp³-hybridized carbons (Fsp3) is 0.174. The quantitative estimate of drug-likeness (QED) is 0.486. The summed E-state index contributed by atoms with van der Waals surface area (Å²) in [5.41, 5.74) is 2.25. The van der Waals surface area contributed by atoms with Gasteiger partial charge in [-0.05, 0) is 55.3 Å². The molecule has 0 radical (unpaired) electrons. The second kappa shape index (κ2) is 8.70. The Balaban J connectivity index is 1.39. The Bertz CT molecular complexity index is 1210. The molecule has 32 heavy (non-hydrogen) atoms. The van der Waals surface area contributed by atoms with Crippen LogP contribution in [0.5, 0.6) is 0 Å². The summed E-state index contributed by atoms with van der Waals surface area (Å²) in [6.07, 6.45) is 1.11. The number of carbonyl (C=O) groups is 1. The number of alkyl halides is 3. The maximum atomic E-state index is 13.0. The van der Waals surface area contributed by atoms with Crippen molar-refractivity contribution in [3.8, 4) is 11.4 Å². The third kappa shape index (κ3) is 4.56. The van der Waals surface area contributed by atoms with Crippen molar-refractivity contribution in [2.75, 3.05) is 6.54 Å². The van der Waals surface area contributed by atoms with E-state index in [2.05, 4.69) is 15.5 Å². The van der Waals surface area contributed by atoms with E-state index in [9.17, 15) is 18.0 Å². The van der Waals surface area contributed by atoms with Crippen LogP contribution >= 0.6 is 0 Å². The molecule has 0 saturated heterocycles. The molecule has 4 rings (SSSR count). The van der Waals surface area contributed by atoms with E-state index in [1.54, 1.807) is 17.8 Å². The SMILES string of the molecule is Cc1c(C(=O)NCCc2ccc(-n3cccn3)cc2)cnn1-c1cccc(C(F)(F)F)c1. The first-order valence-electron chi connectivity index (χ1n) is 9.92. The molecule has 0 aliphatic carbocycles. The first kappa shape index (κ1) is 21.4. The van der Waals surface area contributed by atoms with Crippen LogP contribution < -0.4 is 5.32 Å². The summed E-state index contributed by atoms with van der Waals surface area (Å²) < 4.78 is 42.1. The molecule has 2 aromatic carbocycles. The molecule has 2 heterocycles. The highest BCUT2D eigenvalue weighted by atomic mass is 19.4. The van der Waals surface area contributed by atoms with Crippen molar-refractivity contribution in [3.05, 3.63) is 95.6 Å². The van der Waals surface area contributed by atoms with Crippen molar-refractivity contribution >= 4 is 5.91 Å². The van der Waals surface area contributed by atoms with Gasteiger partial charge in [0.15, 0.2) is 0 Å². The van der Waals surface area contributed by atoms with Crippen molar-refractivity contribution in [1.82, 2.24) is 24.9 Å². The molecule has 0 unspecified atom stereocenters. The van der Waals surface area contributed by atoms with E-state index in [-0.39, 0.29) is 11.6 Å². The Labute approximate surface area is 182 Å². The largest absolute Gasteiger partial charge is 0.416 e. The Hall–Kier alpha value is -3.88. The van der Waals surface area contributed by atoms with Crippen molar-refractivity contribution < 1.29 is 18.0 Å². The van der Waals surface area contributed by atoms with Crippen LogP contribution in [-0.2, 0) is 12.6 Å². The van der Waals surface area contributed by atoms with E-state index in [0.29, 0.717) is 24.2 Å². The number of rotatable bonds is 6. The van der Waals surface area contributed by atoms with E-state index >= 15 is 0 Å². The standard InChI is InChI=1S/C23H20F3N5O/c1-16-21(15-29-31(16)20-5-2-4-18(14-20)23(24,25)26)22(32)27-12-10-17-6-8-19(9-7-17)30-13-3-11-28-30/h2-9,11,13-15H,10,12H2,1H3,(H,27,32). The number of hydrogen-bond acceptors (Lipinski definition) is 3. The Kier molecular flexibility index (Phi) is 5.81. The predicted molar refractivity (Wildman–Crippen MR) is 113 cm³/mol. The number of carbonyl (C=O) groups excluding carboxylic acids is 1. The van der Waals surface area contributed by atoms with Crippen LogP contribution in [0.15, 0.2) is 73.2 Å². The second-order valence-electron chi connectivity index (χ2n) is 7.23. The molecule has 0 fully saturated rings. The summed E-state index contributed by atoms with van der Waals surface area (Å²) in [6, 6.07) is 14.5. The number of amides is 1. The molecule has 9 heteroatoms. The van der Waals surface area contributed by atoms with Crippen molar-refractivity contribution in [2.24, 2.45) is 0 Å². The summed E-state index contributed by atoms with van der Waals surface area (Å²) in [6.45, 7) is 2.06. The van der Waals surface area contributed by atoms with Crippen molar-refractivity contribution in [3.63, 3.8) is 0 Å². The van der Waals surface area contributed by atoms with Crippen LogP contribution in [0.3, 0.4) is 0 Å². The highest BCUT2D eigenvalue weighted by molar-refractivity contribution is 5.95. The van der Waals surface area contributed by atoms with Crippen LogP contribution in [0.1, 0.15) is 27.2 Å². The molecule has 1 amide bonds. The fourth-order valence-electron chi connectivity index (χ4n) is 3.36. The van der Waals surface area contributed by atoms with Gasteiger partial charge in [-0.15, -0.1) is 0 Å². The molecule has 0 atom stereocenters. The van der Waals surface area contributed by atoms with E-state index in [4.69, 9.17) is 0 Å². The van der Waals surface area contributed by atoms with Gasteiger partial charge in [0.25, 0.3) is 5.91 Å². The third-order valence-electron chi connectivity index (χ3n) is 5.08.